The molecule has 1 fully saturated rings. The molecule has 178 valence electrons. The number of carbonyl (C=O) groups excluding carboxylic acids is 3. The third kappa shape index (κ3) is 5.14. The molecular formula is C26H20FN2O6-. The number of nitrogens with one attached hydrogen (secondary N) is 1. The first-order chi connectivity index (χ1) is 16.9. The van der Waals surface area contributed by atoms with Crippen LogP contribution in [-0.4, -0.2) is 29.9 Å². The third-order valence-corrected chi connectivity index (χ3v) is 5.32. The molecular weight excluding hydrogens is 455 g/mol. The zero-order valence-electron chi connectivity index (χ0n) is 18.6. The van der Waals surface area contributed by atoms with Gasteiger partial charge in [-0.05, 0) is 35.4 Å². The van der Waals surface area contributed by atoms with E-state index < -0.39 is 23.7 Å². The van der Waals surface area contributed by atoms with Gasteiger partial charge >= 0.3 is 6.03 Å². The van der Waals surface area contributed by atoms with Gasteiger partial charge in [-0.25, -0.2) is 9.18 Å². The van der Waals surface area contributed by atoms with E-state index in [9.17, 15) is 23.9 Å². The van der Waals surface area contributed by atoms with Crippen molar-refractivity contribution >= 4 is 24.0 Å². The quantitative estimate of drug-likeness (QED) is 0.397. The number of para-hydroxylation sites is 1. The van der Waals surface area contributed by atoms with Crippen LogP contribution in [0.3, 0.4) is 0 Å². The minimum atomic E-state index is -1.30. The molecule has 3 aromatic carbocycles. The van der Waals surface area contributed by atoms with Gasteiger partial charge in [0.1, 0.15) is 18.1 Å². The van der Waals surface area contributed by atoms with Crippen molar-refractivity contribution in [2.45, 2.75) is 13.2 Å². The number of halogens is 1. The molecule has 0 spiro atoms. The number of carboxylic acid groups (broad SMARTS) is 1. The highest BCUT2D eigenvalue weighted by Gasteiger charge is 2.34. The summed E-state index contributed by atoms with van der Waals surface area (Å²) in [5, 5.41) is 13.6. The van der Waals surface area contributed by atoms with Crippen LogP contribution in [0, 0.1) is 5.82 Å². The third-order valence-electron chi connectivity index (χ3n) is 5.32. The number of benzene rings is 3. The Labute approximate surface area is 200 Å². The number of nitrogens with zero attached hydrogens (tertiary/aromatic N) is 1. The second-order valence-electron chi connectivity index (χ2n) is 7.63. The summed E-state index contributed by atoms with van der Waals surface area (Å²) < 4.78 is 25.3. The van der Waals surface area contributed by atoms with Crippen molar-refractivity contribution in [2.75, 3.05) is 7.11 Å². The van der Waals surface area contributed by atoms with Crippen LogP contribution in [0.25, 0.3) is 6.08 Å². The number of ether oxygens (including phenoxy) is 2. The first-order valence-corrected chi connectivity index (χ1v) is 10.6. The molecule has 0 aromatic heterocycles. The second kappa shape index (κ2) is 10.1. The fourth-order valence-electron chi connectivity index (χ4n) is 3.57. The Balaban J connectivity index is 1.59. The number of urea groups is 1. The zero-order valence-corrected chi connectivity index (χ0v) is 18.6. The summed E-state index contributed by atoms with van der Waals surface area (Å²) >= 11 is 0. The highest BCUT2D eigenvalue weighted by Crippen LogP contribution is 2.34. The zero-order chi connectivity index (χ0) is 24.9. The van der Waals surface area contributed by atoms with E-state index in [1.807, 2.05) is 0 Å². The van der Waals surface area contributed by atoms with E-state index in [0.717, 1.165) is 4.90 Å². The molecule has 3 aromatic rings. The topological polar surface area (TPSA) is 108 Å². The lowest BCUT2D eigenvalue weighted by Crippen LogP contribution is -2.30. The van der Waals surface area contributed by atoms with Gasteiger partial charge in [0.05, 0.1) is 19.6 Å². The molecule has 0 saturated carbocycles. The fraction of sp³-hybridized carbons (Fsp3) is 0.115. The van der Waals surface area contributed by atoms with Gasteiger partial charge in [-0.2, -0.15) is 0 Å². The van der Waals surface area contributed by atoms with Crippen molar-refractivity contribution in [3.05, 3.63) is 100 Å². The molecule has 35 heavy (non-hydrogen) atoms. The SMILES string of the molecule is COc1cccc(C=C2NC(=O)N(Cc3ccccc3F)C2=O)c1OCc1cccc(C(=O)[O-])c1. The molecule has 1 saturated heterocycles. The summed E-state index contributed by atoms with van der Waals surface area (Å²) in [6, 6.07) is 16.4. The number of imide groups is 1. The predicted molar refractivity (Wildman–Crippen MR) is 122 cm³/mol. The molecule has 0 aliphatic carbocycles. The average molecular weight is 475 g/mol. The van der Waals surface area contributed by atoms with Gasteiger partial charge in [0.25, 0.3) is 5.91 Å². The minimum absolute atomic E-state index is 0.0107. The molecule has 8 nitrogen and oxygen atoms in total. The standard InChI is InChI=1S/C26H21FN2O6/c1-34-22-11-5-8-17(23(22)35-15-16-6-4-9-18(12-16)25(31)32)13-21-24(30)29(26(33)28-21)14-19-7-2-3-10-20(19)27/h2-13H,14-15H2,1H3,(H,28,33)(H,31,32)/p-1. The molecule has 4 rings (SSSR count). The van der Waals surface area contributed by atoms with E-state index in [1.54, 1.807) is 36.4 Å². The van der Waals surface area contributed by atoms with E-state index in [2.05, 4.69) is 5.32 Å². The van der Waals surface area contributed by atoms with Crippen molar-refractivity contribution in [1.82, 2.24) is 10.2 Å². The molecule has 1 aliphatic rings. The Kier molecular flexibility index (Phi) is 6.77. The number of hydrogen-bond acceptors (Lipinski definition) is 6. The predicted octanol–water partition coefficient (Wildman–Crippen LogP) is 2.87. The number of carbonyl (C=O) groups is 3. The van der Waals surface area contributed by atoms with Crippen molar-refractivity contribution in [3.8, 4) is 11.5 Å². The molecule has 3 amide bonds. The van der Waals surface area contributed by atoms with Crippen LogP contribution in [0.15, 0.2) is 72.4 Å². The van der Waals surface area contributed by atoms with Crippen LogP contribution in [0.4, 0.5) is 9.18 Å². The maximum absolute atomic E-state index is 14.0. The summed E-state index contributed by atoms with van der Waals surface area (Å²) in [7, 11) is 1.45. The Morgan fingerprint density at radius 3 is 2.60 bits per heavy atom. The van der Waals surface area contributed by atoms with Gasteiger partial charge in [0, 0.05) is 11.1 Å². The maximum atomic E-state index is 14.0. The van der Waals surface area contributed by atoms with Crippen LogP contribution in [0.1, 0.15) is 27.0 Å². The lowest BCUT2D eigenvalue weighted by Gasteiger charge is -2.14. The minimum Gasteiger partial charge on any atom is -0.545 e. The Bertz CT molecular complexity index is 1340. The summed E-state index contributed by atoms with van der Waals surface area (Å²) in [6.45, 7) is -0.206. The van der Waals surface area contributed by atoms with E-state index >= 15 is 0 Å². The monoisotopic (exact) mass is 475 g/mol. The molecule has 0 unspecified atom stereocenters. The number of carboxylic acids is 1. The van der Waals surface area contributed by atoms with Crippen LogP contribution >= 0.6 is 0 Å². The Hall–Kier alpha value is -4.66. The largest absolute Gasteiger partial charge is 0.545 e. The smallest absolute Gasteiger partial charge is 0.329 e. The van der Waals surface area contributed by atoms with Gasteiger partial charge in [-0.3, -0.25) is 9.69 Å². The first kappa shape index (κ1) is 23.5. The molecule has 0 radical (unpaired) electrons. The summed E-state index contributed by atoms with van der Waals surface area (Å²) in [5.41, 5.74) is 1.24. The van der Waals surface area contributed by atoms with Crippen molar-refractivity contribution in [3.63, 3.8) is 0 Å². The van der Waals surface area contributed by atoms with Gasteiger partial charge in [0.15, 0.2) is 11.5 Å². The molecule has 0 bridgehead atoms. The van der Waals surface area contributed by atoms with Crippen molar-refractivity contribution in [2.24, 2.45) is 0 Å². The van der Waals surface area contributed by atoms with Gasteiger partial charge in [-0.15, -0.1) is 0 Å². The van der Waals surface area contributed by atoms with E-state index in [4.69, 9.17) is 9.47 Å². The highest BCUT2D eigenvalue weighted by molar-refractivity contribution is 6.14. The van der Waals surface area contributed by atoms with Gasteiger partial charge < -0.3 is 24.7 Å². The second-order valence-corrected chi connectivity index (χ2v) is 7.63. The summed E-state index contributed by atoms with van der Waals surface area (Å²) in [5.74, 6) is -1.78. The number of aromatic carboxylic acids is 1. The molecule has 9 heteroatoms. The highest BCUT2D eigenvalue weighted by atomic mass is 19.1. The first-order valence-electron chi connectivity index (χ1n) is 10.6. The molecule has 1 N–H and O–H groups in total. The number of methoxy groups -OCH3 is 1. The number of hydrogen-bond donors (Lipinski definition) is 1. The van der Waals surface area contributed by atoms with Crippen LogP contribution < -0.4 is 19.9 Å². The summed E-state index contributed by atoms with van der Waals surface area (Å²) in [6.07, 6.45) is 1.44. The van der Waals surface area contributed by atoms with E-state index in [-0.39, 0.29) is 35.7 Å². The number of rotatable bonds is 8. The molecule has 1 aliphatic heterocycles. The van der Waals surface area contributed by atoms with Gasteiger partial charge in [0.2, 0.25) is 0 Å². The number of amides is 3. The van der Waals surface area contributed by atoms with E-state index in [1.165, 1.54) is 43.5 Å². The van der Waals surface area contributed by atoms with Gasteiger partial charge in [-0.1, -0.05) is 48.5 Å². The fourth-order valence-corrected chi connectivity index (χ4v) is 3.57. The summed E-state index contributed by atoms with van der Waals surface area (Å²) in [4.78, 5) is 37.4. The lowest BCUT2D eigenvalue weighted by molar-refractivity contribution is -0.255. The van der Waals surface area contributed by atoms with Crippen LogP contribution in [0.2, 0.25) is 0 Å². The van der Waals surface area contributed by atoms with Crippen LogP contribution in [0.5, 0.6) is 11.5 Å². The van der Waals surface area contributed by atoms with Crippen molar-refractivity contribution < 1.29 is 33.4 Å². The van der Waals surface area contributed by atoms with Crippen molar-refractivity contribution in [1.29, 1.82) is 0 Å². The van der Waals surface area contributed by atoms with E-state index in [0.29, 0.717) is 16.9 Å². The Morgan fingerprint density at radius 1 is 1.09 bits per heavy atom. The average Bonchev–Trinajstić information content (AvgIpc) is 3.11. The maximum Gasteiger partial charge on any atom is 0.329 e. The molecule has 1 heterocycles. The molecule has 0 atom stereocenters. The van der Waals surface area contributed by atoms with Crippen LogP contribution in [-0.2, 0) is 17.9 Å². The Morgan fingerprint density at radius 2 is 1.86 bits per heavy atom. The normalized spacial score (nSPS) is 14.2. The lowest BCUT2D eigenvalue weighted by atomic mass is 10.1.